The molecule has 1 fully saturated rings. The smallest absolute Gasteiger partial charge is 0.251 e. The molecule has 2 rings (SSSR count). The van der Waals surface area contributed by atoms with Crippen LogP contribution in [-0.2, 0) is 4.79 Å². The summed E-state index contributed by atoms with van der Waals surface area (Å²) in [4.78, 5) is 23.7. The molecule has 0 atom stereocenters. The first-order chi connectivity index (χ1) is 11.5. The molecule has 0 unspecified atom stereocenters. The highest BCUT2D eigenvalue weighted by atomic mass is 16.5. The zero-order valence-corrected chi connectivity index (χ0v) is 14.6. The Morgan fingerprint density at radius 2 is 1.88 bits per heavy atom. The number of carbonyl (C=O) groups excluding carboxylic acids is 2. The van der Waals surface area contributed by atoms with Crippen LogP contribution in [0.2, 0.25) is 0 Å². The molecule has 6 heteroatoms. The van der Waals surface area contributed by atoms with Crippen molar-refractivity contribution in [1.82, 2.24) is 10.6 Å². The fourth-order valence-corrected chi connectivity index (χ4v) is 2.14. The largest absolute Gasteiger partial charge is 0.493 e. The van der Waals surface area contributed by atoms with Gasteiger partial charge in [-0.1, -0.05) is 13.8 Å². The van der Waals surface area contributed by atoms with Gasteiger partial charge in [0.2, 0.25) is 5.91 Å². The molecule has 0 saturated heterocycles. The van der Waals surface area contributed by atoms with Crippen LogP contribution in [0.1, 0.15) is 37.0 Å². The van der Waals surface area contributed by atoms with Crippen molar-refractivity contribution >= 4 is 11.8 Å². The van der Waals surface area contributed by atoms with Gasteiger partial charge >= 0.3 is 0 Å². The van der Waals surface area contributed by atoms with Crippen LogP contribution < -0.4 is 20.1 Å². The highest BCUT2D eigenvalue weighted by Gasteiger charge is 2.29. The number of hydrogen-bond acceptors (Lipinski definition) is 4. The van der Waals surface area contributed by atoms with Gasteiger partial charge in [0.25, 0.3) is 5.91 Å². The van der Waals surface area contributed by atoms with E-state index in [0.717, 1.165) is 12.8 Å². The second kappa shape index (κ2) is 8.57. The molecule has 24 heavy (non-hydrogen) atoms. The van der Waals surface area contributed by atoms with Crippen LogP contribution in [-0.4, -0.2) is 38.6 Å². The average molecular weight is 334 g/mol. The molecule has 1 saturated carbocycles. The predicted octanol–water partition coefficient (Wildman–Crippen LogP) is 1.99. The van der Waals surface area contributed by atoms with E-state index in [9.17, 15) is 9.59 Å². The molecule has 0 heterocycles. The molecule has 1 aliphatic carbocycles. The lowest BCUT2D eigenvalue weighted by molar-refractivity contribution is -0.122. The van der Waals surface area contributed by atoms with E-state index in [-0.39, 0.29) is 17.7 Å². The van der Waals surface area contributed by atoms with Crippen molar-refractivity contribution in [2.24, 2.45) is 11.8 Å². The molecule has 1 aromatic rings. The van der Waals surface area contributed by atoms with Crippen LogP contribution in [0.25, 0.3) is 0 Å². The SMILES string of the molecule is COc1cc(C(=O)NCCNC(=O)C2CC2)ccc1OCC(C)C. The number of carbonyl (C=O) groups is 2. The second-order valence-electron chi connectivity index (χ2n) is 6.39. The average Bonchev–Trinajstić information content (AvgIpc) is 3.41. The quantitative estimate of drug-likeness (QED) is 0.677. The fraction of sp³-hybridized carbons (Fsp3) is 0.556. The van der Waals surface area contributed by atoms with E-state index >= 15 is 0 Å². The van der Waals surface area contributed by atoms with Crippen LogP contribution in [0, 0.1) is 11.8 Å². The highest BCUT2D eigenvalue weighted by Crippen LogP contribution is 2.29. The molecule has 1 aliphatic rings. The van der Waals surface area contributed by atoms with Gasteiger partial charge in [-0.3, -0.25) is 9.59 Å². The Morgan fingerprint density at radius 3 is 2.50 bits per heavy atom. The minimum atomic E-state index is -0.204. The Bertz CT molecular complexity index is 582. The molecule has 6 nitrogen and oxygen atoms in total. The van der Waals surface area contributed by atoms with Crippen LogP contribution in [0.3, 0.4) is 0 Å². The van der Waals surface area contributed by atoms with Crippen molar-refractivity contribution in [3.63, 3.8) is 0 Å². The van der Waals surface area contributed by atoms with Gasteiger partial charge in [-0.2, -0.15) is 0 Å². The van der Waals surface area contributed by atoms with Crippen LogP contribution in [0.15, 0.2) is 18.2 Å². The third-order valence-corrected chi connectivity index (χ3v) is 3.66. The van der Waals surface area contributed by atoms with Crippen molar-refractivity contribution in [2.45, 2.75) is 26.7 Å². The first-order valence-electron chi connectivity index (χ1n) is 8.38. The van der Waals surface area contributed by atoms with E-state index < -0.39 is 0 Å². The minimum absolute atomic E-state index is 0.0811. The molecule has 1 aromatic carbocycles. The number of benzene rings is 1. The molecule has 0 bridgehead atoms. The Morgan fingerprint density at radius 1 is 1.17 bits per heavy atom. The van der Waals surface area contributed by atoms with Crippen LogP contribution >= 0.6 is 0 Å². The van der Waals surface area contributed by atoms with Crippen molar-refractivity contribution in [3.8, 4) is 11.5 Å². The summed E-state index contributed by atoms with van der Waals surface area (Å²) in [7, 11) is 1.55. The van der Waals surface area contributed by atoms with Crippen LogP contribution in [0.5, 0.6) is 11.5 Å². The van der Waals surface area contributed by atoms with Gasteiger partial charge in [-0.05, 0) is 37.0 Å². The standard InChI is InChI=1S/C18H26N2O4/c1-12(2)11-24-15-7-6-14(10-16(15)23-3)18(22)20-9-8-19-17(21)13-4-5-13/h6-7,10,12-13H,4-5,8-9,11H2,1-3H3,(H,19,21)(H,20,22). The van der Waals surface area contributed by atoms with Crippen molar-refractivity contribution in [1.29, 1.82) is 0 Å². The lowest BCUT2D eigenvalue weighted by Crippen LogP contribution is -2.35. The maximum Gasteiger partial charge on any atom is 0.251 e. The van der Waals surface area contributed by atoms with Gasteiger partial charge in [0, 0.05) is 24.6 Å². The van der Waals surface area contributed by atoms with E-state index in [2.05, 4.69) is 24.5 Å². The summed E-state index contributed by atoms with van der Waals surface area (Å²) in [6, 6.07) is 5.11. The number of hydrogen-bond donors (Lipinski definition) is 2. The van der Waals surface area contributed by atoms with Crippen molar-refractivity contribution in [2.75, 3.05) is 26.8 Å². The Kier molecular flexibility index (Phi) is 6.46. The molecule has 0 aliphatic heterocycles. The monoisotopic (exact) mass is 334 g/mol. The van der Waals surface area contributed by atoms with Crippen LogP contribution in [0.4, 0.5) is 0 Å². The molecular formula is C18H26N2O4. The first-order valence-corrected chi connectivity index (χ1v) is 8.38. The first kappa shape index (κ1) is 18.1. The summed E-state index contributed by atoms with van der Waals surface area (Å²) in [6.45, 7) is 5.55. The molecule has 2 amide bonds. The summed E-state index contributed by atoms with van der Waals surface area (Å²) in [5, 5.41) is 5.60. The topological polar surface area (TPSA) is 76.7 Å². The second-order valence-corrected chi connectivity index (χ2v) is 6.39. The molecule has 2 N–H and O–H groups in total. The predicted molar refractivity (Wildman–Crippen MR) is 91.4 cm³/mol. The van der Waals surface area contributed by atoms with E-state index in [1.54, 1.807) is 25.3 Å². The summed E-state index contributed by atoms with van der Waals surface area (Å²) in [6.07, 6.45) is 1.95. The maximum atomic E-state index is 12.2. The van der Waals surface area contributed by atoms with Crippen molar-refractivity contribution in [3.05, 3.63) is 23.8 Å². The number of ether oxygens (including phenoxy) is 2. The van der Waals surface area contributed by atoms with E-state index in [4.69, 9.17) is 9.47 Å². The van der Waals surface area contributed by atoms with Crippen molar-refractivity contribution < 1.29 is 19.1 Å². The Balaban J connectivity index is 1.83. The van der Waals surface area contributed by atoms with Gasteiger partial charge < -0.3 is 20.1 Å². The minimum Gasteiger partial charge on any atom is -0.493 e. The molecular weight excluding hydrogens is 308 g/mol. The zero-order chi connectivity index (χ0) is 17.5. The van der Waals surface area contributed by atoms with Gasteiger partial charge in [0.15, 0.2) is 11.5 Å². The number of nitrogens with one attached hydrogen (secondary N) is 2. The summed E-state index contributed by atoms with van der Waals surface area (Å²) >= 11 is 0. The molecule has 0 spiro atoms. The lowest BCUT2D eigenvalue weighted by Gasteiger charge is -2.13. The van der Waals surface area contributed by atoms with Gasteiger partial charge in [0.1, 0.15) is 0 Å². The molecule has 0 radical (unpaired) electrons. The fourth-order valence-electron chi connectivity index (χ4n) is 2.14. The summed E-state index contributed by atoms with van der Waals surface area (Å²) in [5.74, 6) is 1.62. The lowest BCUT2D eigenvalue weighted by atomic mass is 10.2. The number of methoxy groups -OCH3 is 1. The Labute approximate surface area is 142 Å². The zero-order valence-electron chi connectivity index (χ0n) is 14.6. The van der Waals surface area contributed by atoms with E-state index in [1.165, 1.54) is 0 Å². The van der Waals surface area contributed by atoms with E-state index in [1.807, 2.05) is 0 Å². The normalized spacial score (nSPS) is 13.5. The summed E-state index contributed by atoms with van der Waals surface area (Å²) in [5.41, 5.74) is 0.497. The van der Waals surface area contributed by atoms with Gasteiger partial charge in [0.05, 0.1) is 13.7 Å². The number of rotatable bonds is 9. The number of amides is 2. The molecule has 132 valence electrons. The van der Waals surface area contributed by atoms with E-state index in [0.29, 0.717) is 42.7 Å². The third kappa shape index (κ3) is 5.44. The maximum absolute atomic E-state index is 12.2. The molecule has 0 aromatic heterocycles. The van der Waals surface area contributed by atoms with Gasteiger partial charge in [-0.25, -0.2) is 0 Å². The van der Waals surface area contributed by atoms with Gasteiger partial charge in [-0.15, -0.1) is 0 Å². The summed E-state index contributed by atoms with van der Waals surface area (Å²) < 4.78 is 11.0. The Hall–Kier alpha value is -2.24. The highest BCUT2D eigenvalue weighted by molar-refractivity contribution is 5.94. The third-order valence-electron chi connectivity index (χ3n) is 3.66.